The van der Waals surface area contributed by atoms with Crippen molar-refractivity contribution in [1.29, 1.82) is 5.26 Å². The maximum Gasteiger partial charge on any atom is 0.255 e. The van der Waals surface area contributed by atoms with Crippen LogP contribution >= 0.6 is 0 Å². The van der Waals surface area contributed by atoms with Crippen LogP contribution in [0.4, 0.5) is 10.2 Å². The quantitative estimate of drug-likeness (QED) is 0.0783. The molecule has 2 aromatic heterocycles. The van der Waals surface area contributed by atoms with Gasteiger partial charge in [0, 0.05) is 52.9 Å². The fourth-order valence-electron chi connectivity index (χ4n) is 12.0. The van der Waals surface area contributed by atoms with Gasteiger partial charge in [-0.3, -0.25) is 24.0 Å². The second-order valence-corrected chi connectivity index (χ2v) is 22.6. The summed E-state index contributed by atoms with van der Waals surface area (Å²) < 4.78 is 17.3. The van der Waals surface area contributed by atoms with Crippen LogP contribution in [0.15, 0.2) is 218 Å². The number of nitriles is 1. The van der Waals surface area contributed by atoms with Crippen LogP contribution in [0.3, 0.4) is 0 Å². The first-order chi connectivity index (χ1) is 42.8. The Morgan fingerprint density at radius 2 is 1.06 bits per heavy atom. The Morgan fingerprint density at radius 1 is 0.602 bits per heavy atom. The molecule has 1 aliphatic carbocycles. The summed E-state index contributed by atoms with van der Waals surface area (Å²) in [6.45, 7) is 2.31. The maximum absolute atomic E-state index is 16.0. The molecule has 12 rings (SSSR count). The molecule has 4 heterocycles. The van der Waals surface area contributed by atoms with Crippen molar-refractivity contribution in [3.63, 3.8) is 0 Å². The number of ketones is 3. The van der Waals surface area contributed by atoms with Crippen LogP contribution in [0.25, 0.3) is 64.3 Å². The van der Waals surface area contributed by atoms with Crippen LogP contribution in [0, 0.1) is 22.6 Å². The van der Waals surface area contributed by atoms with E-state index in [1.54, 1.807) is 70.2 Å². The molecule has 9 aromatic rings. The second-order valence-electron chi connectivity index (χ2n) is 22.6. The Labute approximate surface area is 509 Å². The molecule has 2 aliphatic heterocycles. The zero-order valence-corrected chi connectivity index (χ0v) is 48.2. The highest BCUT2D eigenvalue weighted by Crippen LogP contribution is 2.52. The van der Waals surface area contributed by atoms with E-state index >= 15 is 28.4 Å². The number of likely N-dealkylation sites (tertiary alicyclic amines) is 1. The van der Waals surface area contributed by atoms with Gasteiger partial charge in [0.25, 0.3) is 11.8 Å². The summed E-state index contributed by atoms with van der Waals surface area (Å²) in [5, 5.41) is 12.2. The Morgan fingerprint density at radius 3 is 1.53 bits per heavy atom. The summed E-state index contributed by atoms with van der Waals surface area (Å²) in [6.07, 6.45) is 16.1. The lowest BCUT2D eigenvalue weighted by Crippen LogP contribution is -2.50. The highest BCUT2D eigenvalue weighted by Gasteiger charge is 2.61. The van der Waals surface area contributed by atoms with Crippen molar-refractivity contribution in [3.8, 4) is 6.07 Å². The zero-order valence-electron chi connectivity index (χ0n) is 48.2. The molecular weight excluding hydrogens is 1100 g/mol. The lowest BCUT2D eigenvalue weighted by molar-refractivity contribution is -0.138. The summed E-state index contributed by atoms with van der Waals surface area (Å²) in [5.41, 5.74) is 9.38. The molecule has 0 radical (unpaired) electrons. The predicted molar refractivity (Wildman–Crippen MR) is 346 cm³/mol. The van der Waals surface area contributed by atoms with E-state index in [0.717, 1.165) is 24.5 Å². The van der Waals surface area contributed by atoms with Crippen molar-refractivity contribution in [3.05, 3.63) is 291 Å². The molecule has 2 amide bonds. The SMILES string of the molecule is CC1(CN2CC[C@@]3(C2=O)c2ccc(F)cc2C(=O)N3Cc2c(C(=Cc3ccccc3)C(=O)C=Cc3ccccc3)c3nc(N)c(C(=Cc4ccccc4)C(=O)C=Cc4ccccc4)c(C#N)c3n2C(=Cc2ccccc2)C(=O)C=Cc2ccccc2)CC1. The number of pyridine rings is 1. The third-order valence-electron chi connectivity index (χ3n) is 16.6. The van der Waals surface area contributed by atoms with E-state index < -0.39 is 41.2 Å². The van der Waals surface area contributed by atoms with Crippen LogP contribution in [0.5, 0.6) is 0 Å². The fourth-order valence-corrected chi connectivity index (χ4v) is 12.0. The van der Waals surface area contributed by atoms with E-state index in [0.29, 0.717) is 39.9 Å². The Hall–Kier alpha value is -11.2. The van der Waals surface area contributed by atoms with E-state index in [9.17, 15) is 5.26 Å². The summed E-state index contributed by atoms with van der Waals surface area (Å²) in [4.78, 5) is 87.1. The molecule has 1 atom stereocenters. The van der Waals surface area contributed by atoms with Crippen LogP contribution in [-0.4, -0.2) is 61.6 Å². The van der Waals surface area contributed by atoms with Gasteiger partial charge in [-0.05, 0) is 100 Å². The topological polar surface area (TPSA) is 159 Å². The number of fused-ring (bicyclic) bond motifs is 3. The number of halogens is 1. The minimum Gasteiger partial charge on any atom is -0.383 e. The fraction of sp³-hybridized carbons (Fsp3) is 0.118. The van der Waals surface area contributed by atoms with Gasteiger partial charge in [0.1, 0.15) is 28.8 Å². The number of aromatic nitrogens is 2. The number of hydrogen-bond acceptors (Lipinski definition) is 8. The van der Waals surface area contributed by atoms with Crippen molar-refractivity contribution in [2.75, 3.05) is 18.8 Å². The number of nitrogens with two attached hydrogens (primary N) is 1. The molecule has 11 nitrogen and oxygen atoms in total. The van der Waals surface area contributed by atoms with Crippen molar-refractivity contribution in [2.24, 2.45) is 5.41 Å². The average molecular weight is 1160 g/mol. The van der Waals surface area contributed by atoms with Gasteiger partial charge in [-0.25, -0.2) is 9.37 Å². The molecule has 1 spiro atoms. The summed E-state index contributed by atoms with van der Waals surface area (Å²) >= 11 is 0. The minimum absolute atomic E-state index is 0.0129. The van der Waals surface area contributed by atoms with Crippen molar-refractivity contribution < 1.29 is 28.4 Å². The molecule has 1 saturated heterocycles. The van der Waals surface area contributed by atoms with Crippen LogP contribution in [0.1, 0.15) is 97.9 Å². The number of amides is 2. The van der Waals surface area contributed by atoms with Gasteiger partial charge < -0.3 is 20.1 Å². The Balaban J connectivity index is 1.23. The Bertz CT molecular complexity index is 4460. The van der Waals surface area contributed by atoms with Gasteiger partial charge in [0.2, 0.25) is 5.78 Å². The molecule has 12 heteroatoms. The Kier molecular flexibility index (Phi) is 15.9. The predicted octanol–water partition coefficient (Wildman–Crippen LogP) is 14.4. The van der Waals surface area contributed by atoms with E-state index in [1.165, 1.54) is 35.3 Å². The molecule has 430 valence electrons. The molecule has 7 aromatic carbocycles. The molecular formula is C76H59FN6O5. The molecule has 1 saturated carbocycles. The first-order valence-electron chi connectivity index (χ1n) is 29.1. The largest absolute Gasteiger partial charge is 0.383 e. The van der Waals surface area contributed by atoms with Crippen LogP contribution < -0.4 is 5.73 Å². The first kappa shape index (κ1) is 57.3. The highest BCUT2D eigenvalue weighted by molar-refractivity contribution is 6.36. The molecule has 0 unspecified atom stereocenters. The van der Waals surface area contributed by atoms with Gasteiger partial charge in [-0.1, -0.05) is 213 Å². The first-order valence-corrected chi connectivity index (χ1v) is 29.1. The standard InChI is InChI=1S/C76H59FN6O5/c1-75(40-41-75)50-81-43-42-76(74(81)88)62-36-35-57(77)47-58(62)73(87)82(76)49-64-69(60(45-55-28-16-6-17-29-55)66(85)38-33-52-22-10-3-11-23-52)70-71(83(64)63(46-56-30-18-7-19-31-56)67(86)39-34-53-24-12-4-13-25-53)61(48-78)68(72(79)80-70)59(44-54-26-14-5-15-27-54)65(84)37-32-51-20-8-2-9-21-51/h2-39,44-47H,40-43,49-50H2,1H3,(H2,79,80)/t76-/m0/s1. The number of rotatable bonds is 19. The van der Waals surface area contributed by atoms with Gasteiger partial charge in [-0.15, -0.1) is 0 Å². The minimum atomic E-state index is -1.70. The van der Waals surface area contributed by atoms with Crippen molar-refractivity contribution in [2.45, 2.75) is 38.3 Å². The lowest BCUT2D eigenvalue weighted by Gasteiger charge is -2.35. The lowest BCUT2D eigenvalue weighted by atomic mass is 9.87. The normalized spacial score (nSPS) is 16.6. The van der Waals surface area contributed by atoms with Gasteiger partial charge in [-0.2, -0.15) is 5.26 Å². The van der Waals surface area contributed by atoms with Crippen molar-refractivity contribution in [1.82, 2.24) is 19.4 Å². The number of nitrogens with zero attached hydrogens (tertiary/aromatic N) is 5. The number of anilines is 1. The van der Waals surface area contributed by atoms with Gasteiger partial charge in [0.15, 0.2) is 11.6 Å². The highest BCUT2D eigenvalue weighted by atomic mass is 19.1. The van der Waals surface area contributed by atoms with Crippen molar-refractivity contribution >= 4 is 99.3 Å². The van der Waals surface area contributed by atoms with Crippen LogP contribution in [0.2, 0.25) is 0 Å². The summed E-state index contributed by atoms with van der Waals surface area (Å²) in [5.74, 6) is -3.64. The van der Waals surface area contributed by atoms with Gasteiger partial charge in [0.05, 0.1) is 29.0 Å². The number of carbonyl (C=O) groups is 5. The molecule has 2 N–H and O–H groups in total. The molecule has 3 aliphatic rings. The molecule has 88 heavy (non-hydrogen) atoms. The van der Waals surface area contributed by atoms with Crippen LogP contribution in [-0.2, 0) is 31.3 Å². The number of carbonyl (C=O) groups excluding carboxylic acids is 5. The second kappa shape index (κ2) is 24.4. The molecule has 2 fully saturated rings. The summed E-state index contributed by atoms with van der Waals surface area (Å²) in [6, 6.07) is 61.3. The van der Waals surface area contributed by atoms with Gasteiger partial charge >= 0.3 is 0 Å². The van der Waals surface area contributed by atoms with E-state index in [1.807, 2.05) is 158 Å². The number of hydrogen-bond donors (Lipinski definition) is 1. The zero-order chi connectivity index (χ0) is 60.9. The van der Waals surface area contributed by atoms with E-state index in [-0.39, 0.29) is 85.9 Å². The molecule has 0 bridgehead atoms. The average Bonchev–Trinajstić information content (AvgIpc) is 1.57. The summed E-state index contributed by atoms with van der Waals surface area (Å²) in [7, 11) is 0. The third kappa shape index (κ3) is 11.4. The third-order valence-corrected chi connectivity index (χ3v) is 16.6. The smallest absolute Gasteiger partial charge is 0.255 e. The van der Waals surface area contributed by atoms with E-state index in [2.05, 4.69) is 13.0 Å². The maximum atomic E-state index is 16.0. The number of allylic oxidation sites excluding steroid dienone is 6. The van der Waals surface area contributed by atoms with E-state index in [4.69, 9.17) is 10.7 Å². The number of nitrogen functional groups attached to an aromatic ring is 1. The number of benzene rings is 7. The monoisotopic (exact) mass is 1150 g/mol.